The molecule has 3 aromatic rings. The first-order valence-corrected chi connectivity index (χ1v) is 10.3. The second kappa shape index (κ2) is 9.37. The van der Waals surface area contributed by atoms with E-state index < -0.39 is 0 Å². The maximum absolute atomic E-state index is 4.62. The summed E-state index contributed by atoms with van der Waals surface area (Å²) in [5.41, 5.74) is 4.78. The van der Waals surface area contributed by atoms with Crippen molar-refractivity contribution in [2.24, 2.45) is 0 Å². The topological polar surface area (TPSA) is 48.2 Å². The molecule has 0 radical (unpaired) electrons. The summed E-state index contributed by atoms with van der Waals surface area (Å²) in [4.78, 5) is 11.2. The van der Waals surface area contributed by atoms with Gasteiger partial charge >= 0.3 is 11.9 Å². The molecular weight excluding hydrogens is 360 g/mol. The summed E-state index contributed by atoms with van der Waals surface area (Å²) in [5, 5.41) is 5.43. The minimum atomic E-state index is 0.747. The number of rotatable bonds is 8. The van der Waals surface area contributed by atoms with Gasteiger partial charge in [0.05, 0.1) is 11.4 Å². The highest BCUT2D eigenvalue weighted by Gasteiger charge is 2.25. The zero-order valence-corrected chi connectivity index (χ0v) is 18.1. The molecular formula is C23H31N6+. The van der Waals surface area contributed by atoms with Crippen molar-refractivity contribution in [3.63, 3.8) is 0 Å². The summed E-state index contributed by atoms with van der Waals surface area (Å²) >= 11 is 0. The van der Waals surface area contributed by atoms with Crippen molar-refractivity contribution in [2.75, 3.05) is 35.9 Å². The normalized spacial score (nSPS) is 10.7. The average Bonchev–Trinajstić information content (AvgIpc) is 2.78. The van der Waals surface area contributed by atoms with Crippen LogP contribution in [0, 0.1) is 0 Å². The van der Waals surface area contributed by atoms with Gasteiger partial charge in [0.25, 0.3) is 0 Å². The van der Waals surface area contributed by atoms with Gasteiger partial charge in [0.2, 0.25) is 6.33 Å². The molecule has 0 unspecified atom stereocenters. The Kier molecular flexibility index (Phi) is 6.65. The van der Waals surface area contributed by atoms with Gasteiger partial charge in [0.1, 0.15) is 0 Å². The molecule has 1 heterocycles. The first kappa shape index (κ1) is 20.6. The minimum Gasteiger partial charge on any atom is -0.305 e. The van der Waals surface area contributed by atoms with Gasteiger partial charge in [-0.25, -0.2) is 5.01 Å². The van der Waals surface area contributed by atoms with Crippen LogP contribution in [-0.4, -0.2) is 30.6 Å². The lowest BCUT2D eigenvalue weighted by atomic mass is 10.1. The lowest BCUT2D eigenvalue weighted by molar-refractivity contribution is -0.659. The molecule has 29 heavy (non-hydrogen) atoms. The SMILES string of the molecule is CCNc1ncnc(N(C)c2ccc(CC)cc2)[n+]1N(C)c1ccc(CC)cc1. The van der Waals surface area contributed by atoms with Crippen LogP contribution in [0.15, 0.2) is 54.9 Å². The second-order valence-corrected chi connectivity index (χ2v) is 6.96. The number of aryl methyl sites for hydroxylation is 2. The molecule has 0 spiro atoms. The van der Waals surface area contributed by atoms with E-state index in [0.29, 0.717) is 0 Å². The Morgan fingerprint density at radius 2 is 1.34 bits per heavy atom. The van der Waals surface area contributed by atoms with Gasteiger partial charge in [-0.1, -0.05) is 38.1 Å². The van der Waals surface area contributed by atoms with E-state index in [1.165, 1.54) is 11.1 Å². The quantitative estimate of drug-likeness (QED) is 0.589. The van der Waals surface area contributed by atoms with E-state index >= 15 is 0 Å². The van der Waals surface area contributed by atoms with Crippen LogP contribution in [0.2, 0.25) is 0 Å². The van der Waals surface area contributed by atoms with E-state index in [-0.39, 0.29) is 0 Å². The predicted molar refractivity (Wildman–Crippen MR) is 120 cm³/mol. The van der Waals surface area contributed by atoms with Crippen LogP contribution in [0.5, 0.6) is 0 Å². The van der Waals surface area contributed by atoms with Crippen LogP contribution < -0.4 is 19.9 Å². The molecule has 6 nitrogen and oxygen atoms in total. The zero-order valence-electron chi connectivity index (χ0n) is 18.1. The Morgan fingerprint density at radius 1 is 0.793 bits per heavy atom. The minimum absolute atomic E-state index is 0.747. The van der Waals surface area contributed by atoms with Crippen LogP contribution in [-0.2, 0) is 12.8 Å². The largest absolute Gasteiger partial charge is 0.352 e. The summed E-state index contributed by atoms with van der Waals surface area (Å²) in [6.45, 7) is 7.17. The molecule has 0 atom stereocenters. The molecule has 0 aliphatic rings. The summed E-state index contributed by atoms with van der Waals surface area (Å²) in [5.74, 6) is 1.53. The molecule has 1 aromatic heterocycles. The molecule has 152 valence electrons. The van der Waals surface area contributed by atoms with Crippen molar-refractivity contribution in [1.82, 2.24) is 9.97 Å². The number of benzene rings is 2. The van der Waals surface area contributed by atoms with Gasteiger partial charge in [-0.3, -0.25) is 4.90 Å². The third-order valence-corrected chi connectivity index (χ3v) is 5.13. The maximum atomic E-state index is 4.62. The van der Waals surface area contributed by atoms with Crippen molar-refractivity contribution in [2.45, 2.75) is 33.6 Å². The molecule has 0 fully saturated rings. The summed E-state index contributed by atoms with van der Waals surface area (Å²) in [6.07, 6.45) is 3.66. The van der Waals surface area contributed by atoms with Crippen molar-refractivity contribution >= 4 is 23.3 Å². The van der Waals surface area contributed by atoms with Gasteiger partial charge in [-0.15, -0.1) is 14.6 Å². The number of nitrogens with one attached hydrogen (secondary N) is 1. The van der Waals surface area contributed by atoms with Crippen LogP contribution in [0.25, 0.3) is 0 Å². The molecule has 0 amide bonds. The number of nitrogens with zero attached hydrogens (tertiary/aromatic N) is 5. The molecule has 0 aliphatic heterocycles. The molecule has 1 N–H and O–H groups in total. The maximum Gasteiger partial charge on any atom is 0.352 e. The smallest absolute Gasteiger partial charge is 0.305 e. The first-order chi connectivity index (χ1) is 14.1. The van der Waals surface area contributed by atoms with E-state index in [9.17, 15) is 0 Å². The Balaban J connectivity index is 2.05. The third-order valence-electron chi connectivity index (χ3n) is 5.13. The Morgan fingerprint density at radius 3 is 1.86 bits per heavy atom. The van der Waals surface area contributed by atoms with Crippen molar-refractivity contribution in [1.29, 1.82) is 0 Å². The van der Waals surface area contributed by atoms with E-state index in [2.05, 4.69) is 94.5 Å². The van der Waals surface area contributed by atoms with Crippen molar-refractivity contribution in [3.05, 3.63) is 66.0 Å². The number of hydrogen-bond acceptors (Lipinski definition) is 5. The summed E-state index contributed by atoms with van der Waals surface area (Å²) in [6, 6.07) is 17.2. The average molecular weight is 392 g/mol. The highest BCUT2D eigenvalue weighted by Crippen LogP contribution is 2.22. The van der Waals surface area contributed by atoms with E-state index in [0.717, 1.165) is 42.7 Å². The highest BCUT2D eigenvalue weighted by molar-refractivity contribution is 5.56. The lowest BCUT2D eigenvalue weighted by Crippen LogP contribution is -2.57. The van der Waals surface area contributed by atoms with Crippen molar-refractivity contribution in [3.8, 4) is 0 Å². The predicted octanol–water partition coefficient (Wildman–Crippen LogP) is 3.99. The lowest BCUT2D eigenvalue weighted by Gasteiger charge is -2.25. The fourth-order valence-electron chi connectivity index (χ4n) is 3.26. The van der Waals surface area contributed by atoms with Gasteiger partial charge in [-0.2, -0.15) is 0 Å². The molecule has 0 aliphatic carbocycles. The fraction of sp³-hybridized carbons (Fsp3) is 0.348. The highest BCUT2D eigenvalue weighted by atomic mass is 15.6. The van der Waals surface area contributed by atoms with Crippen molar-refractivity contribution < 1.29 is 4.68 Å². The van der Waals surface area contributed by atoms with E-state index in [4.69, 9.17) is 0 Å². The number of aromatic nitrogens is 3. The van der Waals surface area contributed by atoms with Crippen LogP contribution in [0.3, 0.4) is 0 Å². The zero-order chi connectivity index (χ0) is 20.8. The molecule has 0 saturated carbocycles. The summed E-state index contributed by atoms with van der Waals surface area (Å²) < 4.78 is 2.01. The number of hydrogen-bond donors (Lipinski definition) is 1. The first-order valence-electron chi connectivity index (χ1n) is 10.3. The van der Waals surface area contributed by atoms with E-state index in [1.54, 1.807) is 6.33 Å². The molecule has 0 bridgehead atoms. The van der Waals surface area contributed by atoms with Gasteiger partial charge in [0.15, 0.2) is 0 Å². The van der Waals surface area contributed by atoms with Crippen LogP contribution >= 0.6 is 0 Å². The Labute approximate surface area is 173 Å². The van der Waals surface area contributed by atoms with Crippen LogP contribution in [0.1, 0.15) is 31.9 Å². The molecule has 3 rings (SSSR count). The van der Waals surface area contributed by atoms with Gasteiger partial charge in [-0.05, 0) is 55.2 Å². The standard InChI is InChI=1S/C23H30N6/c1-6-18-9-13-20(14-10-18)27(4)23-26-17-25-22(24-8-3)29(23)28(5)21-15-11-19(7-2)12-16-21/h9-17H,6-8H2,1-5H3/p+1. The van der Waals surface area contributed by atoms with E-state index in [1.807, 2.05) is 18.8 Å². The van der Waals surface area contributed by atoms with Gasteiger partial charge in [0, 0.05) is 20.6 Å². The van der Waals surface area contributed by atoms with Gasteiger partial charge < -0.3 is 5.32 Å². The fourth-order valence-corrected chi connectivity index (χ4v) is 3.26. The van der Waals surface area contributed by atoms with Crippen LogP contribution in [0.4, 0.5) is 23.3 Å². The third kappa shape index (κ3) is 4.47. The molecule has 0 saturated heterocycles. The summed E-state index contributed by atoms with van der Waals surface area (Å²) in [7, 11) is 4.06. The number of anilines is 4. The monoisotopic (exact) mass is 391 g/mol. The molecule has 6 heteroatoms. The Hall–Kier alpha value is -3.15. The Bertz CT molecular complexity index is 921. The molecule has 2 aromatic carbocycles. The second-order valence-electron chi connectivity index (χ2n) is 6.96.